The van der Waals surface area contributed by atoms with E-state index in [1.54, 1.807) is 0 Å². The predicted octanol–water partition coefficient (Wildman–Crippen LogP) is 2.68. The van der Waals surface area contributed by atoms with Crippen LogP contribution in [0.1, 0.15) is 18.5 Å². The fraction of sp³-hybridized carbons (Fsp3) is 0.500. The van der Waals surface area contributed by atoms with Crippen molar-refractivity contribution in [3.8, 4) is 5.75 Å². The molecule has 6 heteroatoms. The zero-order valence-electron chi connectivity index (χ0n) is 8.64. The minimum absolute atomic E-state index is 0.127. The van der Waals surface area contributed by atoms with Gasteiger partial charge in [0, 0.05) is 7.05 Å². The van der Waals surface area contributed by atoms with Gasteiger partial charge in [-0.1, -0.05) is 0 Å². The highest BCUT2D eigenvalue weighted by Crippen LogP contribution is 2.34. The number of halogens is 3. The number of hydrogen-bond acceptors (Lipinski definition) is 3. The van der Waals surface area contributed by atoms with E-state index >= 15 is 0 Å². The molecule has 0 unspecified atom stereocenters. The molecule has 0 bridgehead atoms. The first-order valence-corrected chi connectivity index (χ1v) is 4.93. The van der Waals surface area contributed by atoms with Crippen LogP contribution in [-0.2, 0) is 6.18 Å². The second kappa shape index (κ2) is 3.84. The Morgan fingerprint density at radius 2 is 2.06 bits per heavy atom. The van der Waals surface area contributed by atoms with Crippen molar-refractivity contribution in [1.82, 2.24) is 4.98 Å². The Bertz CT molecular complexity index is 388. The molecule has 1 aliphatic rings. The van der Waals surface area contributed by atoms with Gasteiger partial charge < -0.3 is 10.1 Å². The number of anilines is 1. The van der Waals surface area contributed by atoms with Crippen LogP contribution < -0.4 is 10.1 Å². The first-order chi connectivity index (χ1) is 7.50. The van der Waals surface area contributed by atoms with E-state index in [9.17, 15) is 13.2 Å². The zero-order chi connectivity index (χ0) is 11.8. The van der Waals surface area contributed by atoms with Crippen molar-refractivity contribution in [2.24, 2.45) is 0 Å². The van der Waals surface area contributed by atoms with E-state index in [1.807, 2.05) is 0 Å². The molecule has 1 heterocycles. The molecular weight excluding hydrogens is 221 g/mol. The third-order valence-electron chi connectivity index (χ3n) is 2.20. The molecule has 3 nitrogen and oxygen atoms in total. The molecule has 1 fully saturated rings. The van der Waals surface area contributed by atoms with Gasteiger partial charge in [0.25, 0.3) is 0 Å². The molecule has 1 aromatic rings. The van der Waals surface area contributed by atoms with Crippen LogP contribution in [0.25, 0.3) is 0 Å². The first-order valence-electron chi connectivity index (χ1n) is 4.93. The summed E-state index contributed by atoms with van der Waals surface area (Å²) < 4.78 is 42.6. The SMILES string of the molecule is CNc1nc(C(F)(F)F)ccc1OC1CC1. The second-order valence-electron chi connectivity index (χ2n) is 3.61. The van der Waals surface area contributed by atoms with Gasteiger partial charge in [-0.15, -0.1) is 0 Å². The number of nitrogens with one attached hydrogen (secondary N) is 1. The summed E-state index contributed by atoms with van der Waals surface area (Å²) in [6.07, 6.45) is -2.40. The molecule has 1 aromatic heterocycles. The van der Waals surface area contributed by atoms with Crippen LogP contribution in [0.2, 0.25) is 0 Å². The van der Waals surface area contributed by atoms with E-state index in [4.69, 9.17) is 4.74 Å². The van der Waals surface area contributed by atoms with Crippen molar-refractivity contribution in [1.29, 1.82) is 0 Å². The van der Waals surface area contributed by atoms with E-state index < -0.39 is 11.9 Å². The van der Waals surface area contributed by atoms with Crippen LogP contribution >= 0.6 is 0 Å². The molecule has 0 amide bonds. The summed E-state index contributed by atoms with van der Waals surface area (Å²) in [4.78, 5) is 3.48. The lowest BCUT2D eigenvalue weighted by molar-refractivity contribution is -0.141. The highest BCUT2D eigenvalue weighted by Gasteiger charge is 2.33. The van der Waals surface area contributed by atoms with E-state index in [0.29, 0.717) is 5.75 Å². The lowest BCUT2D eigenvalue weighted by Crippen LogP contribution is -2.10. The predicted molar refractivity (Wildman–Crippen MR) is 52.4 cm³/mol. The average Bonchev–Trinajstić information content (AvgIpc) is 3.00. The molecule has 0 saturated heterocycles. The second-order valence-corrected chi connectivity index (χ2v) is 3.61. The van der Waals surface area contributed by atoms with Crippen LogP contribution in [0.15, 0.2) is 12.1 Å². The standard InChI is InChI=1S/C10H11F3N2O/c1-14-9-7(16-6-2-3-6)4-5-8(15-9)10(11,12)13/h4-6H,2-3H2,1H3,(H,14,15). The van der Waals surface area contributed by atoms with Gasteiger partial charge in [0.1, 0.15) is 5.69 Å². The average molecular weight is 232 g/mol. The number of rotatable bonds is 3. The Morgan fingerprint density at radius 1 is 1.38 bits per heavy atom. The van der Waals surface area contributed by atoms with Crippen LogP contribution in [0.3, 0.4) is 0 Å². The van der Waals surface area contributed by atoms with E-state index in [-0.39, 0.29) is 11.9 Å². The van der Waals surface area contributed by atoms with Crippen molar-refractivity contribution in [3.05, 3.63) is 17.8 Å². The first kappa shape index (κ1) is 11.0. The minimum Gasteiger partial charge on any atom is -0.487 e. The largest absolute Gasteiger partial charge is 0.487 e. The van der Waals surface area contributed by atoms with Crippen molar-refractivity contribution in [2.75, 3.05) is 12.4 Å². The van der Waals surface area contributed by atoms with Crippen LogP contribution in [0.4, 0.5) is 19.0 Å². The number of hydrogen-bond donors (Lipinski definition) is 1. The molecule has 1 N–H and O–H groups in total. The Hall–Kier alpha value is -1.46. The van der Waals surface area contributed by atoms with Crippen molar-refractivity contribution < 1.29 is 17.9 Å². The molecular formula is C10H11F3N2O. The number of pyridine rings is 1. The zero-order valence-corrected chi connectivity index (χ0v) is 8.64. The highest BCUT2D eigenvalue weighted by atomic mass is 19.4. The van der Waals surface area contributed by atoms with Gasteiger partial charge in [0.15, 0.2) is 11.6 Å². The topological polar surface area (TPSA) is 34.2 Å². The third kappa shape index (κ3) is 2.37. The molecule has 1 aliphatic carbocycles. The minimum atomic E-state index is -4.43. The fourth-order valence-corrected chi connectivity index (χ4v) is 1.24. The number of nitrogens with zero attached hydrogens (tertiary/aromatic N) is 1. The van der Waals surface area contributed by atoms with Gasteiger partial charge in [0.2, 0.25) is 0 Å². The van der Waals surface area contributed by atoms with Gasteiger partial charge >= 0.3 is 6.18 Å². The van der Waals surface area contributed by atoms with Gasteiger partial charge in [-0.25, -0.2) is 4.98 Å². The molecule has 2 rings (SSSR count). The molecule has 0 spiro atoms. The van der Waals surface area contributed by atoms with E-state index in [2.05, 4.69) is 10.3 Å². The van der Waals surface area contributed by atoms with Crippen LogP contribution in [0.5, 0.6) is 5.75 Å². The fourth-order valence-electron chi connectivity index (χ4n) is 1.24. The monoisotopic (exact) mass is 232 g/mol. The summed E-state index contributed by atoms with van der Waals surface area (Å²) in [5.74, 6) is 0.500. The van der Waals surface area contributed by atoms with Crippen LogP contribution in [0, 0.1) is 0 Å². The summed E-state index contributed by atoms with van der Waals surface area (Å²) in [6, 6.07) is 2.23. The third-order valence-corrected chi connectivity index (χ3v) is 2.20. The summed E-state index contributed by atoms with van der Waals surface area (Å²) >= 11 is 0. The molecule has 0 aliphatic heterocycles. The molecule has 0 radical (unpaired) electrons. The number of aromatic nitrogens is 1. The maximum atomic E-state index is 12.4. The molecule has 1 saturated carbocycles. The van der Waals surface area contributed by atoms with Gasteiger partial charge in [0.05, 0.1) is 6.10 Å². The van der Waals surface area contributed by atoms with Crippen molar-refractivity contribution in [3.63, 3.8) is 0 Å². The summed E-state index contributed by atoms with van der Waals surface area (Å²) in [7, 11) is 1.52. The Labute approximate surface area is 90.6 Å². The molecule has 0 aromatic carbocycles. The van der Waals surface area contributed by atoms with Crippen LogP contribution in [-0.4, -0.2) is 18.1 Å². The van der Waals surface area contributed by atoms with Gasteiger partial charge in [-0.3, -0.25) is 0 Å². The summed E-state index contributed by atoms with van der Waals surface area (Å²) in [5.41, 5.74) is -0.917. The molecule has 0 atom stereocenters. The number of ether oxygens (including phenoxy) is 1. The summed E-state index contributed by atoms with van der Waals surface area (Å²) in [5, 5.41) is 2.61. The normalized spacial score (nSPS) is 16.0. The lowest BCUT2D eigenvalue weighted by atomic mass is 10.3. The smallest absolute Gasteiger partial charge is 0.433 e. The van der Waals surface area contributed by atoms with Crippen molar-refractivity contribution >= 4 is 5.82 Å². The Kier molecular flexibility index (Phi) is 2.65. The molecule has 16 heavy (non-hydrogen) atoms. The summed E-state index contributed by atoms with van der Waals surface area (Å²) in [6.45, 7) is 0. The quantitative estimate of drug-likeness (QED) is 0.869. The van der Waals surface area contributed by atoms with E-state index in [1.165, 1.54) is 13.1 Å². The Balaban J connectivity index is 2.26. The molecule has 88 valence electrons. The van der Waals surface area contributed by atoms with E-state index in [0.717, 1.165) is 18.9 Å². The Morgan fingerprint density at radius 3 is 2.56 bits per heavy atom. The maximum Gasteiger partial charge on any atom is 0.433 e. The van der Waals surface area contributed by atoms with Gasteiger partial charge in [-0.2, -0.15) is 13.2 Å². The van der Waals surface area contributed by atoms with Gasteiger partial charge in [-0.05, 0) is 25.0 Å². The maximum absolute atomic E-state index is 12.4. The van der Waals surface area contributed by atoms with Crippen molar-refractivity contribution in [2.45, 2.75) is 25.1 Å². The number of alkyl halides is 3. The lowest BCUT2D eigenvalue weighted by Gasteiger charge is -2.12. The highest BCUT2D eigenvalue weighted by molar-refractivity contribution is 5.50.